The molecule has 160 valence electrons. The molecule has 1 atom stereocenters. The zero-order valence-corrected chi connectivity index (χ0v) is 16.0. The number of rotatable bonds is 9. The Morgan fingerprint density at radius 2 is 1.41 bits per heavy atom. The standard InChI is InChI=1S/C21H21F7O/c1-3-5-12(2)6-4-7-13-8-15(22)19(16(23)9-13)21(27,28)29-14-10-17(24)20(26)18(25)11-14/h8-12H,3-7H2,1-2H3. The number of ether oxygens (including phenoxy) is 1. The first kappa shape index (κ1) is 23.0. The molecule has 0 saturated carbocycles. The van der Waals surface area contributed by atoms with Crippen molar-refractivity contribution < 1.29 is 35.5 Å². The maximum Gasteiger partial charge on any atom is 0.432 e. The molecule has 0 fully saturated rings. The van der Waals surface area contributed by atoms with E-state index in [4.69, 9.17) is 0 Å². The van der Waals surface area contributed by atoms with Crippen LogP contribution >= 0.6 is 0 Å². The van der Waals surface area contributed by atoms with Gasteiger partial charge in [-0.15, -0.1) is 0 Å². The van der Waals surface area contributed by atoms with Gasteiger partial charge >= 0.3 is 6.11 Å². The average Bonchev–Trinajstić information content (AvgIpc) is 2.58. The molecule has 2 rings (SSSR count). The van der Waals surface area contributed by atoms with Gasteiger partial charge in [-0.2, -0.15) is 8.78 Å². The Hall–Kier alpha value is -2.25. The number of hydrogen-bond acceptors (Lipinski definition) is 1. The minimum absolute atomic E-state index is 0.161. The van der Waals surface area contributed by atoms with Gasteiger partial charge in [0.2, 0.25) is 0 Å². The quantitative estimate of drug-likeness (QED) is 0.305. The lowest BCUT2D eigenvalue weighted by molar-refractivity contribution is -0.189. The molecule has 0 aromatic heterocycles. The summed E-state index contributed by atoms with van der Waals surface area (Å²) in [6.45, 7) is 4.11. The van der Waals surface area contributed by atoms with Gasteiger partial charge in [-0.25, -0.2) is 22.0 Å². The third-order valence-corrected chi connectivity index (χ3v) is 4.54. The number of halogens is 7. The van der Waals surface area contributed by atoms with Gasteiger partial charge in [-0.1, -0.05) is 33.1 Å². The second-order valence-corrected chi connectivity index (χ2v) is 7.04. The highest BCUT2D eigenvalue weighted by Crippen LogP contribution is 2.36. The molecule has 0 saturated heterocycles. The first-order chi connectivity index (χ1) is 13.5. The van der Waals surface area contributed by atoms with Crippen LogP contribution in [0.15, 0.2) is 24.3 Å². The van der Waals surface area contributed by atoms with Gasteiger partial charge in [0.25, 0.3) is 0 Å². The molecule has 1 nitrogen and oxygen atoms in total. The van der Waals surface area contributed by atoms with E-state index in [9.17, 15) is 30.7 Å². The largest absolute Gasteiger partial charge is 0.432 e. The fourth-order valence-corrected chi connectivity index (χ4v) is 3.13. The molecule has 8 heteroatoms. The molecule has 0 aliphatic carbocycles. The summed E-state index contributed by atoms with van der Waals surface area (Å²) in [5, 5.41) is 0. The van der Waals surface area contributed by atoms with Crippen molar-refractivity contribution >= 4 is 0 Å². The Morgan fingerprint density at radius 3 is 1.93 bits per heavy atom. The Morgan fingerprint density at radius 1 is 0.862 bits per heavy atom. The van der Waals surface area contributed by atoms with Crippen LogP contribution in [0.3, 0.4) is 0 Å². The van der Waals surface area contributed by atoms with E-state index in [1.165, 1.54) is 0 Å². The Balaban J connectivity index is 2.18. The average molecular weight is 422 g/mol. The second kappa shape index (κ2) is 9.50. The summed E-state index contributed by atoms with van der Waals surface area (Å²) in [5.74, 6) is -9.18. The molecule has 0 aliphatic rings. The maximum absolute atomic E-state index is 14.3. The molecule has 29 heavy (non-hydrogen) atoms. The summed E-state index contributed by atoms with van der Waals surface area (Å²) in [6.07, 6.45) is -0.742. The van der Waals surface area contributed by atoms with Gasteiger partial charge in [0.15, 0.2) is 17.5 Å². The van der Waals surface area contributed by atoms with Crippen LogP contribution in [0.4, 0.5) is 30.7 Å². The number of alkyl halides is 2. The zero-order chi connectivity index (χ0) is 21.8. The molecule has 0 spiro atoms. The molecule has 0 N–H and O–H groups in total. The van der Waals surface area contributed by atoms with Crippen LogP contribution in [0, 0.1) is 35.0 Å². The van der Waals surface area contributed by atoms with E-state index in [2.05, 4.69) is 18.6 Å². The zero-order valence-electron chi connectivity index (χ0n) is 16.0. The number of aryl methyl sites for hydroxylation is 1. The van der Waals surface area contributed by atoms with Gasteiger partial charge in [0, 0.05) is 12.1 Å². The molecule has 0 radical (unpaired) electrons. The van der Waals surface area contributed by atoms with Crippen molar-refractivity contribution in [2.45, 2.75) is 52.1 Å². The highest BCUT2D eigenvalue weighted by molar-refractivity contribution is 5.31. The summed E-state index contributed by atoms with van der Waals surface area (Å²) < 4.78 is 100. The first-order valence-corrected chi connectivity index (χ1v) is 9.25. The van der Waals surface area contributed by atoms with Gasteiger partial charge in [0.1, 0.15) is 22.9 Å². The lowest BCUT2D eigenvalue weighted by Crippen LogP contribution is -2.25. The fraction of sp³-hybridized carbons (Fsp3) is 0.429. The van der Waals surface area contributed by atoms with Crippen molar-refractivity contribution in [2.24, 2.45) is 5.92 Å². The summed E-state index contributed by atoms with van der Waals surface area (Å²) in [5.41, 5.74) is -1.48. The van der Waals surface area contributed by atoms with Crippen LogP contribution in [-0.2, 0) is 12.5 Å². The topological polar surface area (TPSA) is 9.23 Å². The molecule has 2 aromatic rings. The van der Waals surface area contributed by atoms with Crippen LogP contribution in [-0.4, -0.2) is 0 Å². The Kier molecular flexibility index (Phi) is 7.54. The predicted octanol–water partition coefficient (Wildman–Crippen LogP) is 7.27. The third kappa shape index (κ3) is 5.87. The predicted molar refractivity (Wildman–Crippen MR) is 94.2 cm³/mol. The number of hydrogen-bond donors (Lipinski definition) is 0. The second-order valence-electron chi connectivity index (χ2n) is 7.04. The van der Waals surface area contributed by atoms with Crippen LogP contribution in [0.5, 0.6) is 5.75 Å². The highest BCUT2D eigenvalue weighted by Gasteiger charge is 2.41. The molecule has 2 aromatic carbocycles. The first-order valence-electron chi connectivity index (χ1n) is 9.25. The van der Waals surface area contributed by atoms with Crippen LogP contribution in [0.2, 0.25) is 0 Å². The fourth-order valence-electron chi connectivity index (χ4n) is 3.13. The van der Waals surface area contributed by atoms with E-state index in [0.717, 1.165) is 31.4 Å². The maximum atomic E-state index is 14.3. The van der Waals surface area contributed by atoms with E-state index >= 15 is 0 Å². The minimum atomic E-state index is -4.57. The van der Waals surface area contributed by atoms with Crippen molar-refractivity contribution in [3.05, 3.63) is 64.5 Å². The molecule has 0 heterocycles. The monoisotopic (exact) mass is 422 g/mol. The normalized spacial score (nSPS) is 12.9. The SMILES string of the molecule is CCCC(C)CCCc1cc(F)c(C(F)(F)Oc2cc(F)c(F)c(F)c2)c(F)c1. The van der Waals surface area contributed by atoms with Crippen molar-refractivity contribution in [2.75, 3.05) is 0 Å². The lowest BCUT2D eigenvalue weighted by Gasteiger charge is -2.20. The minimum Gasteiger partial charge on any atom is -0.429 e. The molecular weight excluding hydrogens is 401 g/mol. The van der Waals surface area contributed by atoms with Crippen molar-refractivity contribution in [1.29, 1.82) is 0 Å². The van der Waals surface area contributed by atoms with Gasteiger partial charge in [-0.3, -0.25) is 0 Å². The summed E-state index contributed by atoms with van der Waals surface area (Å²) in [6, 6.07) is 1.89. The van der Waals surface area contributed by atoms with E-state index < -0.39 is 46.5 Å². The molecular formula is C21H21F7O. The van der Waals surface area contributed by atoms with Crippen molar-refractivity contribution in [3.8, 4) is 5.75 Å². The van der Waals surface area contributed by atoms with Gasteiger partial charge < -0.3 is 4.74 Å². The number of benzene rings is 2. The van der Waals surface area contributed by atoms with Crippen molar-refractivity contribution in [1.82, 2.24) is 0 Å². The highest BCUT2D eigenvalue weighted by atomic mass is 19.3. The van der Waals surface area contributed by atoms with Crippen molar-refractivity contribution in [3.63, 3.8) is 0 Å². The van der Waals surface area contributed by atoms with Crippen LogP contribution < -0.4 is 4.74 Å². The molecule has 0 aliphatic heterocycles. The summed E-state index contributed by atoms with van der Waals surface area (Å²) in [7, 11) is 0. The van der Waals surface area contributed by atoms with Crippen LogP contribution in [0.25, 0.3) is 0 Å². The van der Waals surface area contributed by atoms with Crippen LogP contribution in [0.1, 0.15) is 50.7 Å². The summed E-state index contributed by atoms with van der Waals surface area (Å²) in [4.78, 5) is 0. The molecule has 0 amide bonds. The van der Waals surface area contributed by atoms with E-state index in [0.29, 0.717) is 18.8 Å². The van der Waals surface area contributed by atoms with Gasteiger partial charge in [-0.05, 0) is 36.5 Å². The molecule has 0 bridgehead atoms. The van der Waals surface area contributed by atoms with Gasteiger partial charge in [0.05, 0.1) is 0 Å². The Bertz CT molecular complexity index is 805. The summed E-state index contributed by atoms with van der Waals surface area (Å²) >= 11 is 0. The van der Waals surface area contributed by atoms with E-state index in [-0.39, 0.29) is 17.7 Å². The van der Waals surface area contributed by atoms with E-state index in [1.807, 2.05) is 0 Å². The Labute approximate surface area is 164 Å². The molecule has 1 unspecified atom stereocenters. The third-order valence-electron chi connectivity index (χ3n) is 4.54. The lowest BCUT2D eigenvalue weighted by atomic mass is 9.97. The smallest absolute Gasteiger partial charge is 0.429 e. The van der Waals surface area contributed by atoms with E-state index in [1.54, 1.807) is 0 Å².